The number of furan rings is 1. The minimum Gasteiger partial charge on any atom is -0.464 e. The monoisotopic (exact) mass is 305 g/mol. The molecule has 2 aromatic heterocycles. The first-order valence-corrected chi connectivity index (χ1v) is 8.02. The van der Waals surface area contributed by atoms with Crippen molar-refractivity contribution in [1.29, 1.82) is 0 Å². The first-order valence-electron chi connectivity index (χ1n) is 7.25. The summed E-state index contributed by atoms with van der Waals surface area (Å²) < 4.78 is 9.72. The molecule has 2 atom stereocenters. The Kier molecular flexibility index (Phi) is 3.80. The lowest BCUT2D eigenvalue weighted by Crippen LogP contribution is -2.26. The van der Waals surface area contributed by atoms with Gasteiger partial charge in [-0.25, -0.2) is 0 Å². The van der Waals surface area contributed by atoms with Crippen LogP contribution in [0.15, 0.2) is 16.5 Å². The van der Waals surface area contributed by atoms with Crippen molar-refractivity contribution in [3.8, 4) is 0 Å². The molecule has 1 aliphatic carbocycles. The molecule has 0 saturated heterocycles. The number of rotatable bonds is 5. The van der Waals surface area contributed by atoms with Crippen LogP contribution in [-0.2, 0) is 13.0 Å². The van der Waals surface area contributed by atoms with E-state index in [9.17, 15) is 4.79 Å². The molecular formula is C15H19N3O2S. The Bertz CT molecular complexity index is 649. The van der Waals surface area contributed by atoms with Gasteiger partial charge in [0.15, 0.2) is 0 Å². The number of aryl methyl sites for hydroxylation is 1. The first kappa shape index (κ1) is 14.3. The third kappa shape index (κ3) is 2.85. The maximum Gasteiger partial charge on any atom is 0.267 e. The summed E-state index contributed by atoms with van der Waals surface area (Å²) in [6, 6.07) is 4.00. The molecule has 0 unspecified atom stereocenters. The summed E-state index contributed by atoms with van der Waals surface area (Å²) in [4.78, 5) is 14.7. The Labute approximate surface area is 128 Å². The van der Waals surface area contributed by atoms with Crippen molar-refractivity contribution < 1.29 is 9.21 Å². The van der Waals surface area contributed by atoms with E-state index in [2.05, 4.69) is 16.5 Å². The molecule has 0 N–H and O–H groups in total. The van der Waals surface area contributed by atoms with Gasteiger partial charge in [0, 0.05) is 13.0 Å². The molecule has 0 aliphatic heterocycles. The highest BCUT2D eigenvalue weighted by atomic mass is 32.1. The molecule has 1 saturated carbocycles. The number of aromatic nitrogens is 2. The summed E-state index contributed by atoms with van der Waals surface area (Å²) in [5.41, 5.74) is 0.767. The Balaban J connectivity index is 1.67. The lowest BCUT2D eigenvalue weighted by atomic mass is 10.2. The molecule has 112 valence electrons. The maximum atomic E-state index is 12.4. The van der Waals surface area contributed by atoms with Crippen LogP contribution < -0.4 is 0 Å². The minimum atomic E-state index is -0.0420. The molecule has 0 bridgehead atoms. The molecule has 1 amide bonds. The number of hydrogen-bond donors (Lipinski definition) is 0. The third-order valence-corrected chi connectivity index (χ3v) is 4.74. The highest BCUT2D eigenvalue weighted by molar-refractivity contribution is 7.07. The lowest BCUT2D eigenvalue weighted by molar-refractivity contribution is 0.0778. The van der Waals surface area contributed by atoms with Crippen molar-refractivity contribution in [2.24, 2.45) is 5.92 Å². The Morgan fingerprint density at radius 1 is 1.52 bits per heavy atom. The lowest BCUT2D eigenvalue weighted by Gasteiger charge is -2.14. The predicted molar refractivity (Wildman–Crippen MR) is 80.3 cm³/mol. The van der Waals surface area contributed by atoms with Crippen LogP contribution in [0.4, 0.5) is 0 Å². The summed E-state index contributed by atoms with van der Waals surface area (Å²) >= 11 is 1.16. The third-order valence-electron chi connectivity index (χ3n) is 3.98. The zero-order valence-corrected chi connectivity index (χ0v) is 13.3. The van der Waals surface area contributed by atoms with Crippen LogP contribution in [0.25, 0.3) is 0 Å². The number of carbonyl (C=O) groups excluding carboxylic acids is 1. The van der Waals surface area contributed by atoms with E-state index in [1.54, 1.807) is 11.9 Å². The maximum absolute atomic E-state index is 12.4. The van der Waals surface area contributed by atoms with Crippen molar-refractivity contribution >= 4 is 17.4 Å². The van der Waals surface area contributed by atoms with Crippen molar-refractivity contribution in [3.63, 3.8) is 0 Å². The average Bonchev–Trinajstić information content (AvgIpc) is 2.92. The second-order valence-corrected chi connectivity index (χ2v) is 6.44. The molecule has 2 heterocycles. The molecule has 1 aliphatic rings. The van der Waals surface area contributed by atoms with E-state index >= 15 is 0 Å². The summed E-state index contributed by atoms with van der Waals surface area (Å²) in [6.07, 6.45) is 1.92. The molecule has 2 aromatic rings. The van der Waals surface area contributed by atoms with E-state index < -0.39 is 0 Å². The molecule has 1 fully saturated rings. The van der Waals surface area contributed by atoms with Crippen molar-refractivity contribution in [3.05, 3.63) is 34.2 Å². The SMILES string of the molecule is CCc1nnsc1C(=O)N(C)Cc1ccc([C@@H]2C[C@@H]2C)o1. The van der Waals surface area contributed by atoms with Crippen molar-refractivity contribution in [1.82, 2.24) is 14.5 Å². The fraction of sp³-hybridized carbons (Fsp3) is 0.533. The molecule has 21 heavy (non-hydrogen) atoms. The molecule has 3 rings (SSSR count). The van der Waals surface area contributed by atoms with Gasteiger partial charge in [-0.1, -0.05) is 18.3 Å². The van der Waals surface area contributed by atoms with E-state index in [-0.39, 0.29) is 5.91 Å². The van der Waals surface area contributed by atoms with Crippen LogP contribution >= 0.6 is 11.5 Å². The van der Waals surface area contributed by atoms with Gasteiger partial charge in [-0.3, -0.25) is 4.79 Å². The number of amides is 1. The quantitative estimate of drug-likeness (QED) is 0.851. The minimum absolute atomic E-state index is 0.0420. The van der Waals surface area contributed by atoms with Gasteiger partial charge >= 0.3 is 0 Å². The Morgan fingerprint density at radius 3 is 2.95 bits per heavy atom. The fourth-order valence-electron chi connectivity index (χ4n) is 2.48. The van der Waals surface area contributed by atoms with Gasteiger partial charge in [0.05, 0.1) is 12.2 Å². The molecule has 0 radical (unpaired) electrons. The summed E-state index contributed by atoms with van der Waals surface area (Å²) in [7, 11) is 1.78. The largest absolute Gasteiger partial charge is 0.464 e. The highest BCUT2D eigenvalue weighted by Gasteiger charge is 2.36. The van der Waals surface area contributed by atoms with E-state index in [0.717, 1.165) is 41.1 Å². The smallest absolute Gasteiger partial charge is 0.267 e. The zero-order valence-electron chi connectivity index (χ0n) is 12.5. The van der Waals surface area contributed by atoms with Crippen LogP contribution in [-0.4, -0.2) is 27.4 Å². The van der Waals surface area contributed by atoms with Crippen LogP contribution in [0.5, 0.6) is 0 Å². The molecule has 0 spiro atoms. The fourth-order valence-corrected chi connectivity index (χ4v) is 3.22. The first-order chi connectivity index (χ1) is 10.1. The highest BCUT2D eigenvalue weighted by Crippen LogP contribution is 2.47. The van der Waals surface area contributed by atoms with Crippen molar-refractivity contribution in [2.45, 2.75) is 39.2 Å². The number of hydrogen-bond acceptors (Lipinski definition) is 5. The van der Waals surface area contributed by atoms with Crippen molar-refractivity contribution in [2.75, 3.05) is 7.05 Å². The van der Waals surface area contributed by atoms with Gasteiger partial charge in [0.2, 0.25) is 0 Å². The predicted octanol–water partition coefficient (Wildman–Crippen LogP) is 3.09. The van der Waals surface area contributed by atoms with E-state index in [1.165, 1.54) is 6.42 Å². The number of carbonyl (C=O) groups is 1. The van der Waals surface area contributed by atoms with Crippen LogP contribution in [0.1, 0.15) is 53.1 Å². The van der Waals surface area contributed by atoms with E-state index in [4.69, 9.17) is 4.42 Å². The van der Waals surface area contributed by atoms with Gasteiger partial charge < -0.3 is 9.32 Å². The second-order valence-electron chi connectivity index (χ2n) is 5.69. The van der Waals surface area contributed by atoms with Crippen LogP contribution in [0, 0.1) is 5.92 Å². The van der Waals surface area contributed by atoms with Gasteiger partial charge in [-0.15, -0.1) is 5.10 Å². The second kappa shape index (κ2) is 5.60. The summed E-state index contributed by atoms with van der Waals surface area (Å²) in [5.74, 6) is 3.12. The van der Waals surface area contributed by atoms with Crippen LogP contribution in [0.2, 0.25) is 0 Å². The molecule has 0 aromatic carbocycles. The Hall–Kier alpha value is -1.69. The summed E-state index contributed by atoms with van der Waals surface area (Å²) in [5, 5.41) is 3.99. The zero-order chi connectivity index (χ0) is 15.0. The van der Waals surface area contributed by atoms with Gasteiger partial charge in [0.25, 0.3) is 5.91 Å². The standard InChI is InChI=1S/C15H19N3O2S/c1-4-12-14(21-17-16-12)15(19)18(3)8-10-5-6-13(20-10)11-7-9(11)2/h5-6,9,11H,4,7-8H2,1-3H3/t9-,11+/m0/s1. The molecule has 5 nitrogen and oxygen atoms in total. The van der Waals surface area contributed by atoms with Gasteiger partial charge in [0.1, 0.15) is 16.4 Å². The number of nitrogens with zero attached hydrogens (tertiary/aromatic N) is 3. The topological polar surface area (TPSA) is 59.2 Å². The van der Waals surface area contributed by atoms with E-state index in [0.29, 0.717) is 17.3 Å². The van der Waals surface area contributed by atoms with E-state index in [1.807, 2.05) is 19.1 Å². The van der Waals surface area contributed by atoms with Gasteiger partial charge in [-0.2, -0.15) is 0 Å². The van der Waals surface area contributed by atoms with Gasteiger partial charge in [-0.05, 0) is 42.4 Å². The molecule has 6 heteroatoms. The van der Waals surface area contributed by atoms with Crippen LogP contribution in [0.3, 0.4) is 0 Å². The average molecular weight is 305 g/mol. The normalized spacial score (nSPS) is 20.5. The Morgan fingerprint density at radius 2 is 2.29 bits per heavy atom. The summed E-state index contributed by atoms with van der Waals surface area (Å²) in [6.45, 7) is 4.68. The molecular weight excluding hydrogens is 286 g/mol.